The van der Waals surface area contributed by atoms with Crippen molar-refractivity contribution in [3.05, 3.63) is 76.8 Å². The van der Waals surface area contributed by atoms with E-state index in [0.29, 0.717) is 10.8 Å². The fourth-order valence-electron chi connectivity index (χ4n) is 2.45. The van der Waals surface area contributed by atoms with Crippen LogP contribution in [0.1, 0.15) is 11.4 Å². The van der Waals surface area contributed by atoms with Crippen molar-refractivity contribution in [3.8, 4) is 6.07 Å². The number of nitriles is 1. The predicted octanol–water partition coefficient (Wildman–Crippen LogP) is 4.73. The van der Waals surface area contributed by atoms with Crippen LogP contribution in [0.4, 0.5) is 0 Å². The number of nitrogens with zero attached hydrogens (tertiary/aromatic N) is 3. The maximum Gasteiger partial charge on any atom is 0.155 e. The molecule has 1 heterocycles. The summed E-state index contributed by atoms with van der Waals surface area (Å²) in [5.74, 6) is 0.260. The van der Waals surface area contributed by atoms with Crippen LogP contribution >= 0.6 is 11.6 Å². The van der Waals surface area contributed by atoms with E-state index in [2.05, 4.69) is 4.98 Å². The number of allylic oxidation sites excluding steroid dienone is 2. The Bertz CT molecular complexity index is 1010. The highest BCUT2D eigenvalue weighted by atomic mass is 35.5. The second-order valence-electron chi connectivity index (χ2n) is 5.21. The highest BCUT2D eigenvalue weighted by Crippen LogP contribution is 2.23. The smallest absolute Gasteiger partial charge is 0.155 e. The summed E-state index contributed by atoms with van der Waals surface area (Å²) >= 11 is 6.09. The first kappa shape index (κ1) is 15.9. The molecular weight excluding hydrogens is 322 g/mol. The van der Waals surface area contributed by atoms with Gasteiger partial charge in [0, 0.05) is 12.1 Å². The molecule has 0 unspecified atom stereocenters. The number of para-hydroxylation sites is 2. The summed E-state index contributed by atoms with van der Waals surface area (Å²) in [5.41, 5.74) is 2.53. The van der Waals surface area contributed by atoms with Crippen LogP contribution in [0.15, 0.2) is 60.4 Å². The molecule has 0 saturated carbocycles. The van der Waals surface area contributed by atoms with E-state index in [9.17, 15) is 10.4 Å². The van der Waals surface area contributed by atoms with Crippen molar-refractivity contribution in [2.45, 2.75) is 0 Å². The zero-order chi connectivity index (χ0) is 17.1. The van der Waals surface area contributed by atoms with Crippen LogP contribution in [-0.2, 0) is 7.05 Å². The molecule has 0 atom stereocenters. The molecule has 118 valence electrons. The van der Waals surface area contributed by atoms with E-state index in [0.717, 1.165) is 16.6 Å². The molecule has 0 aliphatic heterocycles. The lowest BCUT2D eigenvalue weighted by Gasteiger charge is -2.02. The quantitative estimate of drug-likeness (QED) is 0.427. The second kappa shape index (κ2) is 6.61. The van der Waals surface area contributed by atoms with Crippen molar-refractivity contribution in [2.75, 3.05) is 0 Å². The van der Waals surface area contributed by atoms with Gasteiger partial charge in [0.25, 0.3) is 0 Å². The van der Waals surface area contributed by atoms with Crippen molar-refractivity contribution < 1.29 is 5.11 Å². The van der Waals surface area contributed by atoms with Crippen LogP contribution in [0.5, 0.6) is 0 Å². The van der Waals surface area contributed by atoms with Gasteiger partial charge in [0.15, 0.2) is 5.82 Å². The Labute approximate surface area is 144 Å². The third-order valence-electron chi connectivity index (χ3n) is 3.70. The van der Waals surface area contributed by atoms with Crippen molar-refractivity contribution in [1.82, 2.24) is 9.55 Å². The first-order valence-corrected chi connectivity index (χ1v) is 7.67. The zero-order valence-electron chi connectivity index (χ0n) is 12.9. The van der Waals surface area contributed by atoms with Crippen LogP contribution in [0, 0.1) is 11.3 Å². The minimum atomic E-state index is -0.157. The Balaban J connectivity index is 2.06. The van der Waals surface area contributed by atoms with Gasteiger partial charge in [-0.05, 0) is 35.9 Å². The topological polar surface area (TPSA) is 61.8 Å². The van der Waals surface area contributed by atoms with Crippen molar-refractivity contribution in [3.63, 3.8) is 0 Å². The molecular formula is C19H14ClN3O. The molecule has 2 aromatic carbocycles. The molecule has 0 fully saturated rings. The van der Waals surface area contributed by atoms with Gasteiger partial charge in [-0.15, -0.1) is 0 Å². The number of aliphatic hydroxyl groups excluding tert-OH is 1. The first-order valence-electron chi connectivity index (χ1n) is 7.29. The molecule has 0 radical (unpaired) electrons. The number of aromatic nitrogens is 2. The van der Waals surface area contributed by atoms with Gasteiger partial charge in [-0.25, -0.2) is 4.98 Å². The van der Waals surface area contributed by atoms with Crippen LogP contribution in [-0.4, -0.2) is 14.7 Å². The van der Waals surface area contributed by atoms with Gasteiger partial charge in [0.2, 0.25) is 0 Å². The van der Waals surface area contributed by atoms with Gasteiger partial charge in [0.05, 0.1) is 11.0 Å². The van der Waals surface area contributed by atoms with E-state index in [-0.39, 0.29) is 11.3 Å². The molecule has 4 nitrogen and oxygen atoms in total. The molecule has 0 bridgehead atoms. The highest BCUT2D eigenvalue weighted by Gasteiger charge is 2.15. The van der Waals surface area contributed by atoms with Gasteiger partial charge < -0.3 is 9.67 Å². The van der Waals surface area contributed by atoms with Crippen molar-refractivity contribution in [2.24, 2.45) is 7.05 Å². The monoisotopic (exact) mass is 335 g/mol. The van der Waals surface area contributed by atoms with E-state index in [4.69, 9.17) is 11.6 Å². The van der Waals surface area contributed by atoms with E-state index < -0.39 is 0 Å². The number of aryl methyl sites for hydroxylation is 1. The highest BCUT2D eigenvalue weighted by molar-refractivity contribution is 6.32. The van der Waals surface area contributed by atoms with Crippen LogP contribution < -0.4 is 0 Å². The van der Waals surface area contributed by atoms with Gasteiger partial charge in [-0.1, -0.05) is 41.9 Å². The third kappa shape index (κ3) is 2.90. The lowest BCUT2D eigenvalue weighted by molar-refractivity contribution is 0.436. The van der Waals surface area contributed by atoms with E-state index in [1.165, 1.54) is 6.08 Å². The van der Waals surface area contributed by atoms with Crippen LogP contribution in [0.2, 0.25) is 5.02 Å². The van der Waals surface area contributed by atoms with Gasteiger partial charge in [0.1, 0.15) is 17.4 Å². The number of rotatable bonds is 3. The van der Waals surface area contributed by atoms with E-state index in [1.54, 1.807) is 16.7 Å². The fraction of sp³-hybridized carbons (Fsp3) is 0.0526. The standard InChI is InChI=1S/C19H14ClN3O/c1-23-17-9-5-4-8-16(17)22-19(23)14(12-21)18(24)11-10-13-6-2-3-7-15(13)20/h2-11,24H,1H3. The average molecular weight is 336 g/mol. The maximum atomic E-state index is 10.3. The fourth-order valence-corrected chi connectivity index (χ4v) is 2.65. The summed E-state index contributed by atoms with van der Waals surface area (Å²) in [4.78, 5) is 4.44. The third-order valence-corrected chi connectivity index (χ3v) is 4.05. The van der Waals surface area contributed by atoms with E-state index >= 15 is 0 Å². The normalized spacial score (nSPS) is 12.4. The Hall–Kier alpha value is -3.03. The number of hydrogen-bond donors (Lipinski definition) is 1. The summed E-state index contributed by atoms with van der Waals surface area (Å²) in [6.07, 6.45) is 3.12. The summed E-state index contributed by atoms with van der Waals surface area (Å²) < 4.78 is 1.79. The molecule has 5 heteroatoms. The molecule has 24 heavy (non-hydrogen) atoms. The minimum Gasteiger partial charge on any atom is -0.506 e. The first-order chi connectivity index (χ1) is 11.6. The summed E-state index contributed by atoms with van der Waals surface area (Å²) in [6.45, 7) is 0. The molecule has 0 aliphatic carbocycles. The lowest BCUT2D eigenvalue weighted by Crippen LogP contribution is -1.98. The van der Waals surface area contributed by atoms with Crippen LogP contribution in [0.3, 0.4) is 0 Å². The van der Waals surface area contributed by atoms with Crippen LogP contribution in [0.25, 0.3) is 22.7 Å². The molecule has 0 aliphatic rings. The van der Waals surface area contributed by atoms with E-state index in [1.807, 2.05) is 55.6 Å². The van der Waals surface area contributed by atoms with Crippen molar-refractivity contribution in [1.29, 1.82) is 5.26 Å². The number of hydrogen-bond acceptors (Lipinski definition) is 3. The Morgan fingerprint density at radius 3 is 2.62 bits per heavy atom. The second-order valence-corrected chi connectivity index (χ2v) is 5.62. The van der Waals surface area contributed by atoms with Gasteiger partial charge in [-0.3, -0.25) is 0 Å². The molecule has 0 amide bonds. The molecule has 3 rings (SSSR count). The maximum absolute atomic E-state index is 10.3. The molecule has 1 N–H and O–H groups in total. The molecule has 3 aromatic rings. The Morgan fingerprint density at radius 2 is 1.92 bits per heavy atom. The number of aliphatic hydroxyl groups is 1. The number of benzene rings is 2. The zero-order valence-corrected chi connectivity index (χ0v) is 13.7. The number of halogens is 1. The lowest BCUT2D eigenvalue weighted by atomic mass is 10.1. The van der Waals surface area contributed by atoms with Gasteiger partial charge >= 0.3 is 0 Å². The molecule has 0 spiro atoms. The summed E-state index contributed by atoms with van der Waals surface area (Å²) in [7, 11) is 1.81. The Kier molecular flexibility index (Phi) is 4.37. The SMILES string of the molecule is Cn1c(C(C#N)=C(O)C=Cc2ccccc2Cl)nc2ccccc21. The number of fused-ring (bicyclic) bond motifs is 1. The Morgan fingerprint density at radius 1 is 1.21 bits per heavy atom. The summed E-state index contributed by atoms with van der Waals surface area (Å²) in [5, 5.41) is 20.4. The average Bonchev–Trinajstić information content (AvgIpc) is 2.92. The van der Waals surface area contributed by atoms with Gasteiger partial charge in [-0.2, -0.15) is 5.26 Å². The largest absolute Gasteiger partial charge is 0.506 e. The molecule has 1 aromatic heterocycles. The minimum absolute atomic E-state index is 0.108. The molecule has 0 saturated heterocycles. The van der Waals surface area contributed by atoms with Crippen molar-refractivity contribution >= 4 is 34.3 Å². The number of imidazole rings is 1. The predicted molar refractivity (Wildman–Crippen MR) is 96.4 cm³/mol. The summed E-state index contributed by atoms with van der Waals surface area (Å²) in [6, 6.07) is 16.9.